The van der Waals surface area contributed by atoms with Crippen LogP contribution in [-0.4, -0.2) is 24.8 Å². The zero-order valence-corrected chi connectivity index (χ0v) is 12.2. The van der Waals surface area contributed by atoms with Crippen LogP contribution in [0.3, 0.4) is 0 Å². The van der Waals surface area contributed by atoms with Crippen molar-refractivity contribution in [3.63, 3.8) is 0 Å². The third kappa shape index (κ3) is 5.23. The molecular weight excluding hydrogens is 260 g/mol. The van der Waals surface area contributed by atoms with Gasteiger partial charge in [-0.15, -0.1) is 11.8 Å². The van der Waals surface area contributed by atoms with Crippen LogP contribution in [0, 0.1) is 17.2 Å². The maximum Gasteiger partial charge on any atom is 0.260 e. The largest absolute Gasteiger partial charge is 0.481 e. The molecule has 102 valence electrons. The van der Waals surface area contributed by atoms with Crippen LogP contribution in [0.2, 0.25) is 0 Å². The molecule has 0 saturated carbocycles. The van der Waals surface area contributed by atoms with Crippen LogP contribution in [0.25, 0.3) is 0 Å². The van der Waals surface area contributed by atoms with Crippen LogP contribution in [0.15, 0.2) is 29.2 Å². The lowest BCUT2D eigenvalue weighted by Gasteiger charge is -2.15. The maximum atomic E-state index is 11.7. The molecule has 0 fully saturated rings. The number of rotatable bonds is 6. The number of thioether (sulfide) groups is 1. The molecule has 0 unspecified atom stereocenters. The summed E-state index contributed by atoms with van der Waals surface area (Å²) in [6.45, 7) is 3.79. The lowest BCUT2D eigenvalue weighted by Crippen LogP contribution is -2.38. The van der Waals surface area contributed by atoms with Gasteiger partial charge in [-0.25, -0.2) is 0 Å². The van der Waals surface area contributed by atoms with Crippen molar-refractivity contribution in [2.45, 2.75) is 24.8 Å². The summed E-state index contributed by atoms with van der Waals surface area (Å²) >= 11 is 1.65. The molecular formula is C14H18N2O2S. The molecule has 5 heteroatoms. The van der Waals surface area contributed by atoms with Gasteiger partial charge >= 0.3 is 0 Å². The smallest absolute Gasteiger partial charge is 0.260 e. The van der Waals surface area contributed by atoms with Gasteiger partial charge in [0, 0.05) is 11.4 Å². The van der Waals surface area contributed by atoms with E-state index in [1.165, 1.54) is 0 Å². The van der Waals surface area contributed by atoms with Gasteiger partial charge in [-0.05, 0) is 44.4 Å². The Bertz CT molecular complexity index is 454. The second-order valence-corrected chi connectivity index (χ2v) is 5.09. The Labute approximate surface area is 118 Å². The zero-order valence-electron chi connectivity index (χ0n) is 11.3. The number of carbonyl (C=O) groups is 1. The Morgan fingerprint density at radius 3 is 2.58 bits per heavy atom. The van der Waals surface area contributed by atoms with Crippen molar-refractivity contribution in [3.8, 4) is 11.8 Å². The van der Waals surface area contributed by atoms with Crippen molar-refractivity contribution in [2.75, 3.05) is 12.8 Å². The van der Waals surface area contributed by atoms with E-state index in [0.29, 0.717) is 12.3 Å². The van der Waals surface area contributed by atoms with E-state index in [0.717, 1.165) is 4.90 Å². The SMILES string of the molecule is CSc1ccc(O[C@H](C)C(=O)NC[C@H](C)C#N)cc1. The Kier molecular flexibility index (Phi) is 6.23. The average Bonchev–Trinajstić information content (AvgIpc) is 2.44. The van der Waals surface area contributed by atoms with E-state index in [9.17, 15) is 4.79 Å². The summed E-state index contributed by atoms with van der Waals surface area (Å²) in [5.41, 5.74) is 0. The zero-order chi connectivity index (χ0) is 14.3. The number of nitrogens with one attached hydrogen (secondary N) is 1. The highest BCUT2D eigenvalue weighted by molar-refractivity contribution is 7.98. The molecule has 0 aromatic heterocycles. The van der Waals surface area contributed by atoms with Gasteiger partial charge in [-0.2, -0.15) is 5.26 Å². The number of benzene rings is 1. The fourth-order valence-corrected chi connectivity index (χ4v) is 1.76. The summed E-state index contributed by atoms with van der Waals surface area (Å²) in [6.07, 6.45) is 1.42. The Morgan fingerprint density at radius 1 is 1.42 bits per heavy atom. The second kappa shape index (κ2) is 7.70. The molecule has 1 aromatic rings. The normalized spacial score (nSPS) is 13.2. The van der Waals surface area contributed by atoms with E-state index < -0.39 is 6.10 Å². The third-order valence-electron chi connectivity index (χ3n) is 2.54. The summed E-state index contributed by atoms with van der Waals surface area (Å²) in [5, 5.41) is 11.3. The van der Waals surface area contributed by atoms with Gasteiger partial charge < -0.3 is 10.1 Å². The van der Waals surface area contributed by atoms with Crippen LogP contribution in [0.1, 0.15) is 13.8 Å². The summed E-state index contributed by atoms with van der Waals surface area (Å²) < 4.78 is 5.54. The average molecular weight is 278 g/mol. The van der Waals surface area contributed by atoms with E-state index in [2.05, 4.69) is 11.4 Å². The number of amides is 1. The molecule has 0 aliphatic heterocycles. The third-order valence-corrected chi connectivity index (χ3v) is 3.29. The Balaban J connectivity index is 2.47. The van der Waals surface area contributed by atoms with E-state index in [-0.39, 0.29) is 11.8 Å². The number of nitrogens with zero attached hydrogens (tertiary/aromatic N) is 1. The fourth-order valence-electron chi connectivity index (χ4n) is 1.35. The van der Waals surface area contributed by atoms with Gasteiger partial charge in [0.05, 0.1) is 12.0 Å². The first kappa shape index (κ1) is 15.4. The first-order chi connectivity index (χ1) is 9.06. The molecule has 4 nitrogen and oxygen atoms in total. The monoisotopic (exact) mass is 278 g/mol. The van der Waals surface area contributed by atoms with Crippen molar-refractivity contribution >= 4 is 17.7 Å². The molecule has 19 heavy (non-hydrogen) atoms. The summed E-state index contributed by atoms with van der Waals surface area (Å²) in [7, 11) is 0. The van der Waals surface area contributed by atoms with E-state index >= 15 is 0 Å². The number of ether oxygens (including phenoxy) is 1. The highest BCUT2D eigenvalue weighted by atomic mass is 32.2. The highest BCUT2D eigenvalue weighted by Gasteiger charge is 2.15. The molecule has 0 spiro atoms. The number of carbonyl (C=O) groups excluding carboxylic acids is 1. The minimum Gasteiger partial charge on any atom is -0.481 e. The minimum absolute atomic E-state index is 0.197. The summed E-state index contributed by atoms with van der Waals surface area (Å²) in [5.74, 6) is 0.252. The van der Waals surface area contributed by atoms with Crippen LogP contribution in [0.4, 0.5) is 0 Å². The molecule has 0 aliphatic carbocycles. The molecule has 1 N–H and O–H groups in total. The van der Waals surface area contributed by atoms with Crippen LogP contribution in [-0.2, 0) is 4.79 Å². The molecule has 2 atom stereocenters. The molecule has 0 radical (unpaired) electrons. The molecule has 0 aliphatic rings. The van der Waals surface area contributed by atoms with Gasteiger partial charge in [-0.1, -0.05) is 0 Å². The molecule has 1 amide bonds. The molecule has 1 rings (SSSR count). The molecule has 0 saturated heterocycles. The van der Waals surface area contributed by atoms with Gasteiger partial charge in [0.1, 0.15) is 5.75 Å². The highest BCUT2D eigenvalue weighted by Crippen LogP contribution is 2.19. The second-order valence-electron chi connectivity index (χ2n) is 4.21. The van der Waals surface area contributed by atoms with Gasteiger partial charge in [0.15, 0.2) is 6.10 Å². The molecule has 1 aromatic carbocycles. The predicted molar refractivity (Wildman–Crippen MR) is 76.1 cm³/mol. The van der Waals surface area contributed by atoms with Gasteiger partial charge in [0.2, 0.25) is 0 Å². The van der Waals surface area contributed by atoms with Crippen LogP contribution in [0.5, 0.6) is 5.75 Å². The van der Waals surface area contributed by atoms with E-state index in [4.69, 9.17) is 10.00 Å². The standard InChI is InChI=1S/C14H18N2O2S/c1-10(8-15)9-16-14(17)11(2)18-12-4-6-13(19-3)7-5-12/h4-7,10-11H,9H2,1-3H3,(H,16,17)/t10-,11-/m1/s1. The van der Waals surface area contributed by atoms with Crippen molar-refractivity contribution in [1.82, 2.24) is 5.32 Å². The summed E-state index contributed by atoms with van der Waals surface area (Å²) in [6, 6.07) is 9.64. The first-order valence-corrected chi connectivity index (χ1v) is 7.27. The summed E-state index contributed by atoms with van der Waals surface area (Å²) in [4.78, 5) is 12.9. The van der Waals surface area contributed by atoms with Crippen molar-refractivity contribution < 1.29 is 9.53 Å². The predicted octanol–water partition coefficient (Wildman–Crippen LogP) is 2.45. The van der Waals surface area contributed by atoms with Crippen molar-refractivity contribution in [3.05, 3.63) is 24.3 Å². The topological polar surface area (TPSA) is 62.1 Å². The van der Waals surface area contributed by atoms with Crippen molar-refractivity contribution in [2.24, 2.45) is 5.92 Å². The fraction of sp³-hybridized carbons (Fsp3) is 0.429. The van der Waals surface area contributed by atoms with Gasteiger partial charge in [-0.3, -0.25) is 4.79 Å². The quantitative estimate of drug-likeness (QED) is 0.812. The van der Waals surface area contributed by atoms with Crippen LogP contribution < -0.4 is 10.1 Å². The maximum absolute atomic E-state index is 11.7. The van der Waals surface area contributed by atoms with E-state index in [1.54, 1.807) is 25.6 Å². The lowest BCUT2D eigenvalue weighted by molar-refractivity contribution is -0.127. The van der Waals surface area contributed by atoms with Crippen LogP contribution >= 0.6 is 11.8 Å². The Hall–Kier alpha value is -1.67. The minimum atomic E-state index is -0.578. The molecule has 0 bridgehead atoms. The Morgan fingerprint density at radius 2 is 2.05 bits per heavy atom. The molecule has 0 heterocycles. The van der Waals surface area contributed by atoms with Crippen molar-refractivity contribution in [1.29, 1.82) is 5.26 Å². The number of hydrogen-bond acceptors (Lipinski definition) is 4. The van der Waals surface area contributed by atoms with Gasteiger partial charge in [0.25, 0.3) is 5.91 Å². The lowest BCUT2D eigenvalue weighted by atomic mass is 10.2. The number of nitriles is 1. The first-order valence-electron chi connectivity index (χ1n) is 6.05. The van der Waals surface area contributed by atoms with E-state index in [1.807, 2.05) is 30.5 Å². The number of hydrogen-bond donors (Lipinski definition) is 1.